The molecule has 0 aliphatic carbocycles. The molecule has 1 heterocycles. The summed E-state index contributed by atoms with van der Waals surface area (Å²) in [5.74, 6) is -0.564. The van der Waals surface area contributed by atoms with Crippen molar-refractivity contribution in [3.63, 3.8) is 0 Å². The van der Waals surface area contributed by atoms with Gasteiger partial charge in [0.2, 0.25) is 0 Å². The minimum Gasteiger partial charge on any atom is -0.479 e. The molecular weight excluding hydrogens is 224 g/mol. The highest BCUT2D eigenvalue weighted by atomic mass is 16.5. The van der Waals surface area contributed by atoms with Gasteiger partial charge in [-0.05, 0) is 29.5 Å². The molecule has 0 saturated carbocycles. The zero-order valence-electron chi connectivity index (χ0n) is 9.02. The van der Waals surface area contributed by atoms with Crippen molar-refractivity contribution in [2.75, 3.05) is 0 Å². The quantitative estimate of drug-likeness (QED) is 0.829. The smallest absolute Gasteiger partial charge is 0.344 e. The fourth-order valence-corrected chi connectivity index (χ4v) is 1.23. The van der Waals surface area contributed by atoms with E-state index in [1.807, 2.05) is 0 Å². The number of aromatic nitrogens is 4. The molecule has 1 aromatic heterocycles. The number of ether oxygens (including phenoxy) is 1. The maximum atomic E-state index is 10.7. The number of carbonyl (C=O) groups is 1. The predicted octanol–water partition coefficient (Wildman–Crippen LogP) is 0.514. The molecule has 1 unspecified atom stereocenters. The van der Waals surface area contributed by atoms with Gasteiger partial charge in [0.1, 0.15) is 12.1 Å². The Hall–Kier alpha value is -2.44. The van der Waals surface area contributed by atoms with Gasteiger partial charge >= 0.3 is 5.97 Å². The Labute approximate surface area is 96.6 Å². The predicted molar refractivity (Wildman–Crippen MR) is 56.9 cm³/mol. The largest absolute Gasteiger partial charge is 0.479 e. The molecule has 2 aromatic rings. The number of carboxylic acid groups (broad SMARTS) is 1. The molecule has 1 aromatic carbocycles. The summed E-state index contributed by atoms with van der Waals surface area (Å²) in [5, 5.41) is 19.5. The van der Waals surface area contributed by atoms with Gasteiger partial charge in [-0.2, -0.15) is 0 Å². The van der Waals surface area contributed by atoms with Crippen molar-refractivity contribution in [2.24, 2.45) is 0 Å². The van der Waals surface area contributed by atoms with E-state index in [2.05, 4.69) is 15.5 Å². The lowest BCUT2D eigenvalue weighted by atomic mass is 10.3. The van der Waals surface area contributed by atoms with Crippen LogP contribution in [0.1, 0.15) is 6.92 Å². The molecule has 0 spiro atoms. The van der Waals surface area contributed by atoms with E-state index in [0.717, 1.165) is 0 Å². The van der Waals surface area contributed by atoms with Crippen LogP contribution in [-0.2, 0) is 4.79 Å². The van der Waals surface area contributed by atoms with Crippen LogP contribution in [0.5, 0.6) is 5.75 Å². The summed E-state index contributed by atoms with van der Waals surface area (Å²) < 4.78 is 6.69. The average molecular weight is 234 g/mol. The van der Waals surface area contributed by atoms with Gasteiger partial charge in [0.15, 0.2) is 6.10 Å². The Balaban J connectivity index is 2.20. The van der Waals surface area contributed by atoms with Crippen molar-refractivity contribution in [3.05, 3.63) is 30.6 Å². The summed E-state index contributed by atoms with van der Waals surface area (Å²) in [6, 6.07) is 6.86. The van der Waals surface area contributed by atoms with Gasteiger partial charge < -0.3 is 9.84 Å². The molecule has 0 radical (unpaired) electrons. The minimum atomic E-state index is -1.02. The van der Waals surface area contributed by atoms with E-state index in [9.17, 15) is 4.79 Å². The molecule has 1 atom stereocenters. The first-order valence-corrected chi connectivity index (χ1v) is 4.89. The van der Waals surface area contributed by atoms with Crippen LogP contribution in [-0.4, -0.2) is 37.4 Å². The third-order valence-corrected chi connectivity index (χ3v) is 2.09. The number of nitrogens with zero attached hydrogens (tertiary/aromatic N) is 4. The normalized spacial score (nSPS) is 12.1. The summed E-state index contributed by atoms with van der Waals surface area (Å²) in [7, 11) is 0. The average Bonchev–Trinajstić information content (AvgIpc) is 2.82. The van der Waals surface area contributed by atoms with E-state index in [0.29, 0.717) is 11.4 Å². The fourth-order valence-electron chi connectivity index (χ4n) is 1.23. The first-order chi connectivity index (χ1) is 8.16. The number of rotatable bonds is 4. The van der Waals surface area contributed by atoms with Crippen LogP contribution in [0.25, 0.3) is 5.69 Å². The van der Waals surface area contributed by atoms with Crippen LogP contribution < -0.4 is 4.74 Å². The molecule has 0 saturated heterocycles. The molecule has 17 heavy (non-hydrogen) atoms. The van der Waals surface area contributed by atoms with Crippen molar-refractivity contribution >= 4 is 5.97 Å². The number of hydrogen-bond donors (Lipinski definition) is 1. The second kappa shape index (κ2) is 4.60. The van der Waals surface area contributed by atoms with Gasteiger partial charge in [-0.15, -0.1) is 5.10 Å². The summed E-state index contributed by atoms with van der Waals surface area (Å²) in [5.41, 5.74) is 0.699. The Kier molecular flexibility index (Phi) is 2.99. The van der Waals surface area contributed by atoms with Crippen molar-refractivity contribution in [2.45, 2.75) is 13.0 Å². The number of aliphatic carboxylic acids is 1. The van der Waals surface area contributed by atoms with Gasteiger partial charge in [0.05, 0.1) is 5.69 Å². The molecule has 7 heteroatoms. The monoisotopic (exact) mass is 234 g/mol. The lowest BCUT2D eigenvalue weighted by Crippen LogP contribution is -2.22. The zero-order chi connectivity index (χ0) is 12.3. The molecule has 0 fully saturated rings. The van der Waals surface area contributed by atoms with E-state index < -0.39 is 12.1 Å². The SMILES string of the molecule is CC(Oc1cccc(-n2cnnn2)c1)C(=O)O. The standard InChI is InChI=1S/C10H10N4O3/c1-7(10(15)16)17-9-4-2-3-8(5-9)14-6-11-12-13-14/h2-7H,1H3,(H,15,16). The highest BCUT2D eigenvalue weighted by Crippen LogP contribution is 2.16. The van der Waals surface area contributed by atoms with E-state index in [1.54, 1.807) is 24.3 Å². The van der Waals surface area contributed by atoms with E-state index in [1.165, 1.54) is 17.9 Å². The number of carboxylic acids is 1. The molecule has 0 amide bonds. The first-order valence-electron chi connectivity index (χ1n) is 4.89. The molecule has 0 aliphatic heterocycles. The zero-order valence-corrected chi connectivity index (χ0v) is 9.02. The van der Waals surface area contributed by atoms with Gasteiger partial charge in [0, 0.05) is 6.07 Å². The first kappa shape index (κ1) is 11.1. The van der Waals surface area contributed by atoms with Gasteiger partial charge in [-0.1, -0.05) is 6.07 Å². The van der Waals surface area contributed by atoms with E-state index >= 15 is 0 Å². The molecule has 0 aliphatic rings. The van der Waals surface area contributed by atoms with Crippen LogP contribution >= 0.6 is 0 Å². The number of tetrazole rings is 1. The number of benzene rings is 1. The van der Waals surface area contributed by atoms with E-state index in [-0.39, 0.29) is 0 Å². The Morgan fingerprint density at radius 1 is 1.53 bits per heavy atom. The third-order valence-electron chi connectivity index (χ3n) is 2.09. The van der Waals surface area contributed by atoms with E-state index in [4.69, 9.17) is 9.84 Å². The van der Waals surface area contributed by atoms with Crippen LogP contribution in [0.2, 0.25) is 0 Å². The lowest BCUT2D eigenvalue weighted by Gasteiger charge is -2.10. The topological polar surface area (TPSA) is 90.1 Å². The summed E-state index contributed by atoms with van der Waals surface area (Å²) in [4.78, 5) is 10.7. The highest BCUT2D eigenvalue weighted by Gasteiger charge is 2.12. The lowest BCUT2D eigenvalue weighted by molar-refractivity contribution is -0.144. The van der Waals surface area contributed by atoms with Crippen molar-refractivity contribution < 1.29 is 14.6 Å². The van der Waals surface area contributed by atoms with Crippen molar-refractivity contribution in [1.82, 2.24) is 20.2 Å². The van der Waals surface area contributed by atoms with Crippen LogP contribution in [0, 0.1) is 0 Å². The van der Waals surface area contributed by atoms with Crippen LogP contribution in [0.15, 0.2) is 30.6 Å². The second-order valence-corrected chi connectivity index (χ2v) is 3.35. The van der Waals surface area contributed by atoms with Crippen LogP contribution in [0.4, 0.5) is 0 Å². The minimum absolute atomic E-state index is 0.452. The summed E-state index contributed by atoms with van der Waals surface area (Å²) in [6.07, 6.45) is 0.541. The Morgan fingerprint density at radius 3 is 3.00 bits per heavy atom. The van der Waals surface area contributed by atoms with Crippen molar-refractivity contribution in [1.29, 1.82) is 0 Å². The van der Waals surface area contributed by atoms with Gasteiger partial charge in [0.25, 0.3) is 0 Å². The fraction of sp³-hybridized carbons (Fsp3) is 0.200. The molecule has 2 rings (SSSR count). The molecule has 88 valence electrons. The maximum absolute atomic E-state index is 10.7. The second-order valence-electron chi connectivity index (χ2n) is 3.35. The molecule has 1 N–H and O–H groups in total. The molecule has 0 bridgehead atoms. The Bertz CT molecular complexity index is 512. The molecular formula is C10H10N4O3. The summed E-state index contributed by atoms with van der Waals surface area (Å²) >= 11 is 0. The summed E-state index contributed by atoms with van der Waals surface area (Å²) in [6.45, 7) is 1.46. The van der Waals surface area contributed by atoms with Crippen LogP contribution in [0.3, 0.4) is 0 Å². The number of hydrogen-bond acceptors (Lipinski definition) is 5. The third kappa shape index (κ3) is 2.57. The highest BCUT2D eigenvalue weighted by molar-refractivity contribution is 5.72. The van der Waals surface area contributed by atoms with Crippen molar-refractivity contribution in [3.8, 4) is 11.4 Å². The maximum Gasteiger partial charge on any atom is 0.344 e. The van der Waals surface area contributed by atoms with Gasteiger partial charge in [-0.25, -0.2) is 9.48 Å². The van der Waals surface area contributed by atoms with Gasteiger partial charge in [-0.3, -0.25) is 0 Å². The Morgan fingerprint density at radius 2 is 2.35 bits per heavy atom. The molecule has 7 nitrogen and oxygen atoms in total.